The Morgan fingerprint density at radius 1 is 0.193 bits per heavy atom. The smallest absolute Gasteiger partial charge is 0.471 e. The van der Waals surface area contributed by atoms with Crippen LogP contribution in [0.1, 0.15) is 27.7 Å². The van der Waals surface area contributed by atoms with Crippen molar-refractivity contribution >= 4 is 94.4 Å². The van der Waals surface area contributed by atoms with Crippen LogP contribution in [0.15, 0.2) is 0 Å². The molecule has 0 heterocycles. The van der Waals surface area contributed by atoms with E-state index in [0.29, 0.717) is 0 Å². The molecular weight excluding hydrogens is 1640 g/mol. The third-order valence-electron chi connectivity index (χ3n) is 16.5. The van der Waals surface area contributed by atoms with Crippen molar-refractivity contribution in [3.63, 3.8) is 0 Å². The van der Waals surface area contributed by atoms with Crippen LogP contribution in [0.3, 0.4) is 0 Å². The molecule has 0 fully saturated rings. The van der Waals surface area contributed by atoms with Crippen molar-refractivity contribution in [3.05, 3.63) is 233 Å². The van der Waals surface area contributed by atoms with Crippen LogP contribution in [-0.4, -0.2) is 73.4 Å². The molecule has 0 saturated carbocycles. The summed E-state index contributed by atoms with van der Waals surface area (Å²) in [5.41, 5.74) is -28.7. The molecule has 600 valence electrons. The molecule has 0 bridgehead atoms. The van der Waals surface area contributed by atoms with Gasteiger partial charge in [-0.15, -0.1) is 66.9 Å². The average Bonchev–Trinajstić information content (AvgIpc) is 0.687. The normalized spacial score (nSPS) is 11.6. The van der Waals surface area contributed by atoms with E-state index in [1.165, 1.54) is 0 Å². The molecule has 4 nitrogen and oxygen atoms in total. The minimum Gasteiger partial charge on any atom is -0.624 e. The van der Waals surface area contributed by atoms with Crippen LogP contribution in [0.5, 0.6) is 0 Å². The Morgan fingerprint density at radius 2 is 0.266 bits per heavy atom. The van der Waals surface area contributed by atoms with Gasteiger partial charge >= 0.3 is 15.2 Å². The van der Waals surface area contributed by atoms with Crippen molar-refractivity contribution in [1.82, 2.24) is 0 Å². The molecule has 0 amide bonds. The van der Waals surface area contributed by atoms with Gasteiger partial charge in [-0.2, -0.15) is 0 Å². The Balaban J connectivity index is 0.000000371. The first-order chi connectivity index (χ1) is 50.5. The summed E-state index contributed by atoms with van der Waals surface area (Å²) in [6.45, 7) is 13.3. The fourth-order valence-electron chi connectivity index (χ4n) is 11.5. The molecule has 0 spiro atoms. The summed E-state index contributed by atoms with van der Waals surface area (Å²) in [5, 5.41) is 4.75. The van der Waals surface area contributed by atoms with Gasteiger partial charge in [0, 0.05) is 14.1 Å². The maximum Gasteiger partial charge on any atom is 0.471 e. The highest BCUT2D eigenvalue weighted by molar-refractivity contribution is 7.21. The van der Waals surface area contributed by atoms with E-state index in [-0.39, 0.29) is 20.6 Å². The van der Waals surface area contributed by atoms with Crippen LogP contribution < -0.4 is 54.2 Å². The zero-order valence-corrected chi connectivity index (χ0v) is 56.0. The van der Waals surface area contributed by atoms with Gasteiger partial charge in [0.15, 0.2) is 140 Å². The van der Waals surface area contributed by atoms with Crippen molar-refractivity contribution in [2.75, 3.05) is 45.9 Å². The highest BCUT2D eigenvalue weighted by Crippen LogP contribution is 2.34. The minimum absolute atomic E-state index is 0.0694. The lowest BCUT2D eigenvalue weighted by molar-refractivity contribution is -0.502. The molecule has 0 unspecified atom stereocenters. The molecule has 0 radical (unpaired) electrons. The first-order valence-electron chi connectivity index (χ1n) is 29.5. The summed E-state index contributed by atoms with van der Waals surface area (Å²) in [5.74, 6) is -143. The van der Waals surface area contributed by atoms with Crippen molar-refractivity contribution in [2.24, 2.45) is 0 Å². The number of alkyl halides is 2. The number of rotatable bonds is 16. The molecule has 8 rings (SSSR count). The van der Waals surface area contributed by atoms with Crippen LogP contribution in [0.25, 0.3) is 0 Å². The first kappa shape index (κ1) is 93.0. The molecule has 0 aliphatic carbocycles. The number of quaternary nitrogens is 2. The summed E-state index contributed by atoms with van der Waals surface area (Å²) < 4.78 is 594. The maximum atomic E-state index is 15.4. The van der Waals surface area contributed by atoms with E-state index in [1.54, 1.807) is 0 Å². The monoisotopic (exact) mass is 1680 g/mol. The molecule has 0 atom stereocenters. The van der Waals surface area contributed by atoms with Gasteiger partial charge < -0.3 is 19.0 Å². The van der Waals surface area contributed by atoms with Gasteiger partial charge in [0.25, 0.3) is 0 Å². The summed E-state index contributed by atoms with van der Waals surface area (Å²) in [7, 11) is 4.40. The van der Waals surface area contributed by atoms with Crippen molar-refractivity contribution in [3.8, 4) is 0 Å². The molecule has 8 aromatic carbocycles. The maximum absolute atomic E-state index is 15.4. The largest absolute Gasteiger partial charge is 0.624 e. The zero-order chi connectivity index (χ0) is 84.2. The van der Waals surface area contributed by atoms with Gasteiger partial charge in [-0.25, -0.2) is 176 Å². The quantitative estimate of drug-likeness (QED) is 0.0242. The number of halogens is 42. The van der Waals surface area contributed by atoms with Gasteiger partial charge in [-0.05, 0) is 27.7 Å². The SMILES string of the molecule is CC[O+]([BH2-][NH2+]C)CC.CC[O+]([BH2-][NH2+]C)CC.ClCCl.Fc1c(F)c(F)c([B-](c2c(F)c(F)c(F)c(F)c2F)(c2c(F)c(F)c(F)c(F)c2F)c2c(F)c(F)c(F)c(F)c2F)c(F)c1F.Fc1c(F)c(F)c([B-](c2c(F)c(F)c(F)c(F)c2F)(c2c(F)c(F)c(F)c(F)c2F)c2c(F)c(F)c(F)c(F)c2F)c(F)c1F. The fraction of sp³-hybridized carbons (Fsp3) is 0.186. The van der Waals surface area contributed by atoms with Gasteiger partial charge in [0.05, 0.1) is 31.8 Å². The standard InChI is InChI=1S/2C24BF20.2C5H17BNO.CH2Cl2/c2*26-5-1(6(27)14(35)21(42)13(5)34)25(2-7(28)15(36)22(43)16(37)8(2)29,3-9(30)17(38)23(44)18(39)10(3)31)4-11(32)19(40)24(45)20(41)12(4)33;2*1-4-8(5-2)6-7-3;2-1-3/h;;2*4-7H2,1-3H3;1H2/q2*-1;2*+1;. The minimum atomic E-state index is -7.22. The number of nitrogens with two attached hydrogens (primary N) is 2. The van der Waals surface area contributed by atoms with Crippen LogP contribution in [0.2, 0.25) is 0 Å². The summed E-state index contributed by atoms with van der Waals surface area (Å²) in [4.78, 5) is 0. The molecule has 0 saturated heterocycles. The molecule has 0 aromatic heterocycles. The lowest BCUT2D eigenvalue weighted by Gasteiger charge is -2.44. The highest BCUT2D eigenvalue weighted by atomic mass is 35.5. The topological polar surface area (TPSA) is 38.6 Å². The van der Waals surface area contributed by atoms with Gasteiger partial charge in [0.1, 0.15) is 105 Å². The summed E-state index contributed by atoms with van der Waals surface area (Å²) >= 11 is 9.53. The van der Waals surface area contributed by atoms with Crippen molar-refractivity contribution in [1.29, 1.82) is 0 Å². The molecular formula is C59H36B4Cl2F40N2O2. The molecule has 8 aromatic rings. The van der Waals surface area contributed by atoms with E-state index < -0.39 is 289 Å². The summed E-state index contributed by atoms with van der Waals surface area (Å²) in [6.07, 6.45) is -14.4. The van der Waals surface area contributed by atoms with E-state index in [1.807, 2.05) is 0 Å². The van der Waals surface area contributed by atoms with Gasteiger partial charge in [0.2, 0.25) is 0 Å². The van der Waals surface area contributed by atoms with Crippen molar-refractivity contribution < 1.29 is 195 Å². The summed E-state index contributed by atoms with van der Waals surface area (Å²) in [6, 6.07) is 0. The number of hydrogen-bond acceptors (Lipinski definition) is 0. The number of benzene rings is 8. The van der Waals surface area contributed by atoms with Gasteiger partial charge in [-0.3, -0.25) is 0 Å². The predicted molar refractivity (Wildman–Crippen MR) is 312 cm³/mol. The third-order valence-corrected chi connectivity index (χ3v) is 16.5. The lowest BCUT2D eigenvalue weighted by atomic mass is 9.12. The van der Waals surface area contributed by atoms with E-state index in [0.717, 1.165) is 26.4 Å². The molecule has 50 heteroatoms. The Labute approximate surface area is 593 Å². The Morgan fingerprint density at radius 3 is 0.321 bits per heavy atom. The second kappa shape index (κ2) is 36.7. The van der Waals surface area contributed by atoms with Crippen LogP contribution in [0, 0.1) is 233 Å². The van der Waals surface area contributed by atoms with E-state index in [4.69, 9.17) is 23.2 Å². The second-order valence-electron chi connectivity index (χ2n) is 22.0. The van der Waals surface area contributed by atoms with E-state index in [2.05, 4.69) is 60.8 Å². The second-order valence-corrected chi connectivity index (χ2v) is 22.9. The lowest BCUT2D eigenvalue weighted by Crippen LogP contribution is -2.84. The molecule has 4 N–H and O–H groups in total. The zero-order valence-electron chi connectivity index (χ0n) is 54.5. The molecule has 0 aliphatic heterocycles. The Kier molecular flexibility index (Phi) is 31.3. The molecule has 109 heavy (non-hydrogen) atoms. The Bertz CT molecular complexity index is 3750. The highest BCUT2D eigenvalue weighted by Gasteiger charge is 2.55. The predicted octanol–water partition coefficient (Wildman–Crippen LogP) is 10.7. The average molecular weight is 1680 g/mol. The fourth-order valence-corrected chi connectivity index (χ4v) is 11.5. The van der Waals surface area contributed by atoms with Gasteiger partial charge in [-0.1, -0.05) is 0 Å². The molecule has 0 aliphatic rings. The van der Waals surface area contributed by atoms with Crippen LogP contribution in [-0.2, 0) is 8.57 Å². The van der Waals surface area contributed by atoms with E-state index in [9.17, 15) is 105 Å². The van der Waals surface area contributed by atoms with E-state index >= 15 is 70.2 Å². The first-order valence-corrected chi connectivity index (χ1v) is 30.6. The third kappa shape index (κ3) is 15.7. The van der Waals surface area contributed by atoms with Crippen LogP contribution >= 0.6 is 23.2 Å². The van der Waals surface area contributed by atoms with Crippen LogP contribution in [0.4, 0.5) is 176 Å². The van der Waals surface area contributed by atoms with Crippen molar-refractivity contribution in [2.45, 2.75) is 27.7 Å². The Hall–Kier alpha value is -8.36. The number of hydrogen-bond donors (Lipinski definition) is 2.